The molecule has 0 aliphatic carbocycles. The Balaban J connectivity index is -0.000000905. The van der Waals surface area contributed by atoms with Crippen molar-refractivity contribution in [1.82, 2.24) is 0 Å². The van der Waals surface area contributed by atoms with Gasteiger partial charge in [-0.3, -0.25) is 4.79 Å². The van der Waals surface area contributed by atoms with E-state index in [0.29, 0.717) is 6.42 Å². The van der Waals surface area contributed by atoms with E-state index in [1.807, 2.05) is 0 Å². The van der Waals surface area contributed by atoms with Crippen LogP contribution >= 0.6 is 0 Å². The molecule has 0 spiro atoms. The number of unbranched alkanes of at least 4 members (excludes halogenated alkanes) is 8. The number of aliphatic carboxylic acids is 1. The van der Waals surface area contributed by atoms with Crippen LogP contribution < -0.4 is 40.4 Å². The standard InChI is InChI=1S/C17H31NO5.C3H8O3.Na/c1-2-3-4-5-6-7-8-9-10-11-16(21)23-17(22)14(18)12-13-15(19)20;4-1-3(6)2-5;/h14H,2-13,18H2,1H3,(H,19,20);3-6H,1-2H2;/q;;+1/p-1/t14-;;/m0../s1. The van der Waals surface area contributed by atoms with Gasteiger partial charge in [-0.05, 0) is 19.3 Å². The monoisotopic (exact) mass is 443 g/mol. The summed E-state index contributed by atoms with van der Waals surface area (Å²) in [6.07, 6.45) is 9.04. The van der Waals surface area contributed by atoms with E-state index in [-0.39, 0.29) is 62.0 Å². The van der Waals surface area contributed by atoms with Crippen molar-refractivity contribution in [1.29, 1.82) is 0 Å². The van der Waals surface area contributed by atoms with Gasteiger partial charge in [-0.15, -0.1) is 0 Å². The Morgan fingerprint density at radius 2 is 1.37 bits per heavy atom. The van der Waals surface area contributed by atoms with E-state index in [0.717, 1.165) is 12.8 Å². The number of aliphatic hydroxyl groups excluding tert-OH is 3. The second-order valence-corrected chi connectivity index (χ2v) is 6.91. The van der Waals surface area contributed by atoms with Crippen molar-refractivity contribution in [2.45, 2.75) is 96.1 Å². The predicted octanol–water partition coefficient (Wildman–Crippen LogP) is -2.83. The summed E-state index contributed by atoms with van der Waals surface area (Å²) in [4.78, 5) is 33.2. The first-order valence-electron chi connectivity index (χ1n) is 10.4. The number of ether oxygens (including phenoxy) is 1. The molecule has 172 valence electrons. The zero-order valence-corrected chi connectivity index (χ0v) is 20.5. The van der Waals surface area contributed by atoms with Crippen molar-refractivity contribution in [3.63, 3.8) is 0 Å². The molecule has 0 aliphatic rings. The molecule has 0 aliphatic heterocycles. The zero-order chi connectivity index (χ0) is 22.5. The fourth-order valence-corrected chi connectivity index (χ4v) is 2.27. The van der Waals surface area contributed by atoms with Gasteiger partial charge in [0.2, 0.25) is 0 Å². The van der Waals surface area contributed by atoms with E-state index >= 15 is 0 Å². The minimum absolute atomic E-state index is 0. The summed E-state index contributed by atoms with van der Waals surface area (Å²) in [6, 6.07) is -1.10. The van der Waals surface area contributed by atoms with Gasteiger partial charge < -0.3 is 35.7 Å². The van der Waals surface area contributed by atoms with E-state index in [9.17, 15) is 19.5 Å². The van der Waals surface area contributed by atoms with Crippen molar-refractivity contribution in [3.05, 3.63) is 0 Å². The molecule has 1 atom stereocenters. The summed E-state index contributed by atoms with van der Waals surface area (Å²) in [6.45, 7) is 1.47. The van der Waals surface area contributed by atoms with Gasteiger partial charge in [0.05, 0.1) is 13.2 Å². The van der Waals surface area contributed by atoms with Crippen molar-refractivity contribution < 1.29 is 69.1 Å². The fraction of sp³-hybridized carbons (Fsp3) is 0.850. The van der Waals surface area contributed by atoms with Gasteiger partial charge in [-0.2, -0.15) is 0 Å². The predicted molar refractivity (Wildman–Crippen MR) is 105 cm³/mol. The van der Waals surface area contributed by atoms with Gasteiger partial charge in [0.15, 0.2) is 0 Å². The van der Waals surface area contributed by atoms with Crippen LogP contribution in [0.5, 0.6) is 0 Å². The largest absolute Gasteiger partial charge is 1.00 e. The Labute approximate surface area is 201 Å². The molecule has 0 amide bonds. The molecular weight excluding hydrogens is 405 g/mol. The van der Waals surface area contributed by atoms with E-state index < -0.39 is 30.1 Å². The first-order valence-corrected chi connectivity index (χ1v) is 10.4. The molecule has 0 radical (unpaired) electrons. The molecule has 9 nitrogen and oxygen atoms in total. The first kappa shape index (κ1) is 34.1. The summed E-state index contributed by atoms with van der Waals surface area (Å²) in [7, 11) is 0. The third-order valence-corrected chi connectivity index (χ3v) is 4.08. The Morgan fingerprint density at radius 1 is 0.900 bits per heavy atom. The molecular formula is C20H38NNaO8. The summed E-state index contributed by atoms with van der Waals surface area (Å²) >= 11 is 0. The first-order chi connectivity index (χ1) is 13.8. The molecule has 0 heterocycles. The molecule has 0 aromatic rings. The van der Waals surface area contributed by atoms with Gasteiger partial charge in [0.1, 0.15) is 12.1 Å². The van der Waals surface area contributed by atoms with E-state index in [2.05, 4.69) is 11.7 Å². The molecule has 0 bridgehead atoms. The molecule has 0 aromatic carbocycles. The van der Waals surface area contributed by atoms with Gasteiger partial charge in [0.25, 0.3) is 0 Å². The average molecular weight is 444 g/mol. The number of carboxylic acids is 1. The van der Waals surface area contributed by atoms with Crippen LogP contribution in [-0.2, 0) is 19.1 Å². The third-order valence-electron chi connectivity index (χ3n) is 4.08. The molecule has 30 heavy (non-hydrogen) atoms. The summed E-state index contributed by atoms with van der Waals surface area (Å²) < 4.78 is 4.60. The number of hydrogen-bond acceptors (Lipinski definition) is 9. The molecule has 0 saturated carbocycles. The number of esters is 2. The zero-order valence-electron chi connectivity index (χ0n) is 18.5. The van der Waals surface area contributed by atoms with Crippen LogP contribution in [0.25, 0.3) is 0 Å². The Morgan fingerprint density at radius 3 is 1.77 bits per heavy atom. The van der Waals surface area contributed by atoms with E-state index in [1.54, 1.807) is 0 Å². The van der Waals surface area contributed by atoms with Crippen LogP contribution in [0.1, 0.15) is 84.0 Å². The van der Waals surface area contributed by atoms with Crippen LogP contribution in [0.4, 0.5) is 0 Å². The number of carbonyl (C=O) groups excluding carboxylic acids is 3. The molecule has 5 N–H and O–H groups in total. The summed E-state index contributed by atoms with van der Waals surface area (Å²) in [5.74, 6) is -2.75. The van der Waals surface area contributed by atoms with Gasteiger partial charge in [-0.1, -0.05) is 58.3 Å². The number of nitrogens with two attached hydrogens (primary N) is 1. The maximum absolute atomic E-state index is 11.5. The maximum atomic E-state index is 11.5. The second kappa shape index (κ2) is 24.7. The number of aliphatic hydroxyl groups is 3. The number of rotatable bonds is 16. The van der Waals surface area contributed by atoms with Crippen molar-refractivity contribution >= 4 is 17.9 Å². The van der Waals surface area contributed by atoms with Crippen molar-refractivity contribution in [3.8, 4) is 0 Å². The molecule has 0 fully saturated rings. The number of carboxylic acid groups (broad SMARTS) is 1. The second-order valence-electron chi connectivity index (χ2n) is 6.91. The molecule has 0 unspecified atom stereocenters. The van der Waals surface area contributed by atoms with Gasteiger partial charge >= 0.3 is 41.5 Å². The van der Waals surface area contributed by atoms with Gasteiger partial charge in [-0.25, -0.2) is 4.79 Å². The molecule has 0 rings (SSSR count). The third kappa shape index (κ3) is 25.5. The van der Waals surface area contributed by atoms with E-state index in [1.165, 1.54) is 38.5 Å². The van der Waals surface area contributed by atoms with Crippen molar-refractivity contribution in [2.75, 3.05) is 13.2 Å². The molecule has 10 heteroatoms. The quantitative estimate of drug-likeness (QED) is 0.0849. The van der Waals surface area contributed by atoms with Crippen molar-refractivity contribution in [2.24, 2.45) is 5.73 Å². The summed E-state index contributed by atoms with van der Waals surface area (Å²) in [5.41, 5.74) is 5.44. The summed E-state index contributed by atoms with van der Waals surface area (Å²) in [5, 5.41) is 34.3. The Hall–Kier alpha value is -0.550. The van der Waals surface area contributed by atoms with Crippen LogP contribution in [0, 0.1) is 0 Å². The molecule has 0 aromatic heterocycles. The van der Waals surface area contributed by atoms with E-state index in [4.69, 9.17) is 21.1 Å². The SMILES string of the molecule is CCCCCCCCCCCC(=O)OC(=O)[C@@H](N)CCC(=O)[O-].OCC(O)CO.[Na+]. The maximum Gasteiger partial charge on any atom is 1.00 e. The van der Waals surface area contributed by atoms with Crippen LogP contribution in [0.3, 0.4) is 0 Å². The normalized spacial score (nSPS) is 11.1. The van der Waals surface area contributed by atoms with Crippen LogP contribution in [0.15, 0.2) is 0 Å². The van der Waals surface area contributed by atoms with Gasteiger partial charge in [0, 0.05) is 12.4 Å². The molecule has 0 saturated heterocycles. The topological polar surface area (TPSA) is 170 Å². The number of hydrogen-bond donors (Lipinski definition) is 4. The Bertz CT molecular complexity index is 433. The van der Waals surface area contributed by atoms with Crippen LogP contribution in [0.2, 0.25) is 0 Å². The fourth-order valence-electron chi connectivity index (χ4n) is 2.27. The van der Waals surface area contributed by atoms with Crippen LogP contribution in [-0.4, -0.2) is 58.6 Å². The smallest absolute Gasteiger partial charge is 0.550 e. The minimum atomic E-state index is -1.28. The Kier molecular flexibility index (Phi) is 28.1. The average Bonchev–Trinajstić information content (AvgIpc) is 2.70. The number of carbonyl (C=O) groups is 3. The minimum Gasteiger partial charge on any atom is -0.550 e.